The molecule has 0 spiro atoms. The molecule has 1 nitrogen and oxygen atoms in total. The number of ketones is 1. The van der Waals surface area contributed by atoms with Gasteiger partial charge in [0.05, 0.1) is 0 Å². The van der Waals surface area contributed by atoms with Crippen LogP contribution in [0, 0.1) is 0 Å². The van der Waals surface area contributed by atoms with Crippen molar-refractivity contribution in [1.29, 1.82) is 0 Å². The third-order valence-electron chi connectivity index (χ3n) is 0. The van der Waals surface area contributed by atoms with Gasteiger partial charge in [-0.15, -0.1) is 0 Å². The third-order valence-corrected chi connectivity index (χ3v) is 0. The van der Waals surface area contributed by atoms with Crippen molar-refractivity contribution in [3.05, 3.63) is 0 Å². The first kappa shape index (κ1) is 31.5. The average Bonchev–Trinajstić information content (AvgIpc) is 0.811. The Morgan fingerprint density at radius 3 is 1.00 bits per heavy atom. The minimum absolute atomic E-state index is 0. The van der Waals surface area contributed by atoms with Crippen LogP contribution in [0.4, 0.5) is 0 Å². The number of rotatable bonds is 0. The number of carbonyl (C=O) groups is 1. The van der Waals surface area contributed by atoms with Crippen LogP contribution in [0.1, 0.15) is 13.8 Å². The van der Waals surface area contributed by atoms with Gasteiger partial charge in [-0.2, -0.15) is 0 Å². The standard InChI is InChI=1S/C3H6O.Al.3HI/c1-3(2)4;;;;/h1-2H3;;3*1H/q;+3;;;/p-3. The molecule has 0 amide bonds. The van der Waals surface area contributed by atoms with Crippen LogP contribution >= 0.6 is 0 Å². The van der Waals surface area contributed by atoms with E-state index < -0.39 is 0 Å². The van der Waals surface area contributed by atoms with Crippen LogP contribution in [0.3, 0.4) is 0 Å². The minimum Gasteiger partial charge on any atom is -1.00 e. The normalized spacial score (nSPS) is 3.25. The van der Waals surface area contributed by atoms with Crippen LogP contribution in [0.2, 0.25) is 0 Å². The smallest absolute Gasteiger partial charge is 1.00 e. The SMILES string of the molecule is CC(C)=O.[Al+3].[I-].[I-].[I-]. The Labute approximate surface area is 112 Å². The van der Waals surface area contributed by atoms with E-state index in [1.54, 1.807) is 0 Å². The van der Waals surface area contributed by atoms with E-state index in [9.17, 15) is 4.79 Å². The van der Waals surface area contributed by atoms with Gasteiger partial charge in [0.2, 0.25) is 0 Å². The third kappa shape index (κ3) is 80.1. The maximum absolute atomic E-state index is 9.44. The van der Waals surface area contributed by atoms with Gasteiger partial charge in [-0.25, -0.2) is 0 Å². The van der Waals surface area contributed by atoms with Gasteiger partial charge >= 0.3 is 17.4 Å². The molecule has 0 bridgehead atoms. The van der Waals surface area contributed by atoms with E-state index in [2.05, 4.69) is 0 Å². The molecule has 0 fully saturated rings. The van der Waals surface area contributed by atoms with E-state index >= 15 is 0 Å². The van der Waals surface area contributed by atoms with Gasteiger partial charge in [-0.3, -0.25) is 0 Å². The van der Waals surface area contributed by atoms with Gasteiger partial charge in [-0.1, -0.05) is 0 Å². The summed E-state index contributed by atoms with van der Waals surface area (Å²) in [5, 5.41) is 0. The molecule has 0 saturated carbocycles. The largest absolute Gasteiger partial charge is 3.00 e. The van der Waals surface area contributed by atoms with E-state index in [1.165, 1.54) is 13.8 Å². The number of Topliss-reactive ketones (excluding diaryl/α,β-unsaturated/α-hetero) is 1. The Balaban J connectivity index is -0.00000000750. The summed E-state index contributed by atoms with van der Waals surface area (Å²) in [6.07, 6.45) is 0. The summed E-state index contributed by atoms with van der Waals surface area (Å²) in [4.78, 5) is 9.44. The molecule has 0 rings (SSSR count). The van der Waals surface area contributed by atoms with Crippen LogP contribution < -0.4 is 71.9 Å². The predicted octanol–water partition coefficient (Wildman–Crippen LogP) is -8.77. The van der Waals surface area contributed by atoms with Crippen LogP contribution in [-0.2, 0) is 4.79 Å². The molecular weight excluding hydrogens is 460 g/mol. The molecule has 0 N–H and O–H groups in total. The molecular formula is C3H6AlI3O. The number of hydrogen-bond acceptors (Lipinski definition) is 1. The number of carbonyl (C=O) groups excluding carboxylic acids is 1. The Hall–Kier alpha value is 2.39. The molecule has 0 aromatic rings. The van der Waals surface area contributed by atoms with E-state index in [-0.39, 0.29) is 95.1 Å². The first-order chi connectivity index (χ1) is 1.73. The molecule has 0 aliphatic carbocycles. The van der Waals surface area contributed by atoms with Crippen molar-refractivity contribution >= 4 is 23.1 Å². The fraction of sp³-hybridized carbons (Fsp3) is 0.667. The van der Waals surface area contributed by atoms with Gasteiger partial charge in [0.15, 0.2) is 0 Å². The van der Waals surface area contributed by atoms with E-state index in [0.29, 0.717) is 0 Å². The first-order valence-corrected chi connectivity index (χ1v) is 1.20. The molecule has 0 aromatic heterocycles. The summed E-state index contributed by atoms with van der Waals surface area (Å²) in [5.41, 5.74) is 0. The molecule has 0 atom stereocenters. The Kier molecular flexibility index (Phi) is 89.7. The molecule has 0 saturated heterocycles. The van der Waals surface area contributed by atoms with Crippen molar-refractivity contribution < 1.29 is 76.7 Å². The van der Waals surface area contributed by atoms with Crippen molar-refractivity contribution in [3.8, 4) is 0 Å². The second kappa shape index (κ2) is 22.8. The molecule has 0 radical (unpaired) electrons. The van der Waals surface area contributed by atoms with E-state index in [0.717, 1.165) is 0 Å². The van der Waals surface area contributed by atoms with Crippen LogP contribution in [0.25, 0.3) is 0 Å². The van der Waals surface area contributed by atoms with Crippen molar-refractivity contribution in [2.24, 2.45) is 0 Å². The van der Waals surface area contributed by atoms with Gasteiger partial charge in [0, 0.05) is 0 Å². The zero-order chi connectivity index (χ0) is 3.58. The molecule has 0 aromatic carbocycles. The van der Waals surface area contributed by atoms with Crippen molar-refractivity contribution in [1.82, 2.24) is 0 Å². The Morgan fingerprint density at radius 2 is 1.00 bits per heavy atom. The Morgan fingerprint density at radius 1 is 1.00 bits per heavy atom. The van der Waals surface area contributed by atoms with Crippen molar-refractivity contribution in [2.45, 2.75) is 13.8 Å². The van der Waals surface area contributed by atoms with Gasteiger partial charge in [-0.05, 0) is 13.8 Å². The van der Waals surface area contributed by atoms with Gasteiger partial charge in [0.25, 0.3) is 0 Å². The summed E-state index contributed by atoms with van der Waals surface area (Å²) in [7, 11) is 0. The fourth-order valence-electron chi connectivity index (χ4n) is 0. The van der Waals surface area contributed by atoms with E-state index in [1.807, 2.05) is 0 Å². The zero-order valence-electron chi connectivity index (χ0n) is 4.62. The molecule has 0 aliphatic heterocycles. The molecule has 0 unspecified atom stereocenters. The van der Waals surface area contributed by atoms with Crippen molar-refractivity contribution in [3.63, 3.8) is 0 Å². The molecule has 0 heterocycles. The summed E-state index contributed by atoms with van der Waals surface area (Å²) in [5.74, 6) is 0.167. The Bertz CT molecular complexity index is 37.5. The first-order valence-electron chi connectivity index (χ1n) is 1.20. The predicted molar refractivity (Wildman–Crippen MR) is 22.1 cm³/mol. The van der Waals surface area contributed by atoms with Gasteiger partial charge < -0.3 is 76.7 Å². The zero-order valence-corrected chi connectivity index (χ0v) is 12.2. The summed E-state index contributed by atoms with van der Waals surface area (Å²) in [6.45, 7) is 3.06. The number of halogens is 3. The maximum Gasteiger partial charge on any atom is 3.00 e. The molecule has 48 valence electrons. The maximum atomic E-state index is 9.44. The monoisotopic (exact) mass is 466 g/mol. The molecule has 0 aliphatic rings. The summed E-state index contributed by atoms with van der Waals surface area (Å²) >= 11 is 0. The summed E-state index contributed by atoms with van der Waals surface area (Å²) < 4.78 is 0. The second-order valence-electron chi connectivity index (χ2n) is 0.908. The topological polar surface area (TPSA) is 17.1 Å². The average molecular weight is 466 g/mol. The quantitative estimate of drug-likeness (QED) is 0.257. The molecule has 8 heavy (non-hydrogen) atoms. The molecule has 5 heteroatoms. The van der Waals surface area contributed by atoms with E-state index in [4.69, 9.17) is 0 Å². The second-order valence-corrected chi connectivity index (χ2v) is 0.908. The number of hydrogen-bond donors (Lipinski definition) is 0. The van der Waals surface area contributed by atoms with Crippen LogP contribution in [-0.4, -0.2) is 23.1 Å². The van der Waals surface area contributed by atoms with Gasteiger partial charge in [0.1, 0.15) is 5.78 Å². The summed E-state index contributed by atoms with van der Waals surface area (Å²) in [6, 6.07) is 0. The van der Waals surface area contributed by atoms with Crippen LogP contribution in [0.5, 0.6) is 0 Å². The van der Waals surface area contributed by atoms with Crippen molar-refractivity contribution in [2.75, 3.05) is 0 Å². The van der Waals surface area contributed by atoms with Crippen LogP contribution in [0.15, 0.2) is 0 Å². The minimum atomic E-state index is 0. The fourth-order valence-corrected chi connectivity index (χ4v) is 0.